The van der Waals surface area contributed by atoms with Crippen molar-refractivity contribution in [3.63, 3.8) is 0 Å². The Balaban J connectivity index is 2.58. The Morgan fingerprint density at radius 1 is 1.31 bits per heavy atom. The normalized spacial score (nSPS) is 12.8. The second-order valence-corrected chi connectivity index (χ2v) is 4.46. The highest BCUT2D eigenvalue weighted by molar-refractivity contribution is 5.67. The number of carboxylic acid groups (broad SMARTS) is 1. The van der Waals surface area contributed by atoms with Gasteiger partial charge in [0.25, 0.3) is 0 Å². The molecule has 3 N–H and O–H groups in total. The molecule has 0 radical (unpaired) electrons. The van der Waals surface area contributed by atoms with Crippen LogP contribution in [0.4, 0.5) is 0 Å². The number of nitrogens with two attached hydrogens (primary N) is 1. The van der Waals surface area contributed by atoms with Gasteiger partial charge < -0.3 is 10.8 Å². The Hall–Kier alpha value is -1.35. The molecule has 0 spiro atoms. The van der Waals surface area contributed by atoms with Crippen LogP contribution in [-0.4, -0.2) is 17.1 Å². The molecular formula is C13H19NO2. The van der Waals surface area contributed by atoms with E-state index >= 15 is 0 Å². The molecule has 3 heteroatoms. The minimum absolute atomic E-state index is 0.0198. The highest BCUT2D eigenvalue weighted by atomic mass is 16.4. The zero-order valence-electron chi connectivity index (χ0n) is 9.81. The van der Waals surface area contributed by atoms with Crippen LogP contribution in [0.1, 0.15) is 37.3 Å². The molecule has 0 aliphatic carbocycles. The average Bonchev–Trinajstić information content (AvgIpc) is 2.16. The molecule has 0 aromatic heterocycles. The number of benzene rings is 1. The molecule has 1 atom stereocenters. The van der Waals surface area contributed by atoms with Crippen LogP contribution in [0.25, 0.3) is 0 Å². The van der Waals surface area contributed by atoms with E-state index < -0.39 is 5.97 Å². The third-order valence-electron chi connectivity index (χ3n) is 2.58. The number of hydrogen-bond donors (Lipinski definition) is 2. The summed E-state index contributed by atoms with van der Waals surface area (Å²) in [5.74, 6) is -0.326. The summed E-state index contributed by atoms with van der Waals surface area (Å²) in [7, 11) is 0. The van der Waals surface area contributed by atoms with E-state index in [1.807, 2.05) is 12.1 Å². The Kier molecular flexibility index (Phi) is 4.50. The minimum atomic E-state index is -0.841. The van der Waals surface area contributed by atoms with E-state index in [4.69, 9.17) is 10.8 Å². The summed E-state index contributed by atoms with van der Waals surface area (Å²) in [6.45, 7) is 4.29. The molecule has 0 amide bonds. The molecule has 0 saturated heterocycles. The lowest BCUT2D eigenvalue weighted by Gasteiger charge is -2.10. The second kappa shape index (κ2) is 5.66. The topological polar surface area (TPSA) is 63.3 Å². The highest BCUT2D eigenvalue weighted by Gasteiger charge is 2.09. The van der Waals surface area contributed by atoms with E-state index in [-0.39, 0.29) is 12.5 Å². The summed E-state index contributed by atoms with van der Waals surface area (Å²) in [5.41, 5.74) is 8.11. The molecular weight excluding hydrogens is 202 g/mol. The Morgan fingerprint density at radius 2 is 1.88 bits per heavy atom. The third-order valence-corrected chi connectivity index (χ3v) is 2.58. The van der Waals surface area contributed by atoms with Gasteiger partial charge in [-0.05, 0) is 23.5 Å². The summed E-state index contributed by atoms with van der Waals surface area (Å²) in [6, 6.07) is 7.90. The first kappa shape index (κ1) is 12.7. The van der Waals surface area contributed by atoms with Crippen LogP contribution in [-0.2, 0) is 11.2 Å². The van der Waals surface area contributed by atoms with Gasteiger partial charge in [-0.2, -0.15) is 0 Å². The number of rotatable bonds is 5. The number of carbonyl (C=O) groups is 1. The number of aliphatic carboxylic acids is 1. The van der Waals surface area contributed by atoms with Crippen molar-refractivity contribution in [2.24, 2.45) is 5.73 Å². The molecule has 0 aliphatic heterocycles. The van der Waals surface area contributed by atoms with Crippen LogP contribution in [0.2, 0.25) is 0 Å². The fourth-order valence-corrected chi connectivity index (χ4v) is 1.64. The summed E-state index contributed by atoms with van der Waals surface area (Å²) >= 11 is 0. The molecule has 1 aromatic carbocycles. The monoisotopic (exact) mass is 221 g/mol. The SMILES string of the molecule is CC(C)c1ccc(C[C@@H](N)CC(=O)O)cc1. The Bertz CT molecular complexity index is 343. The molecule has 0 bridgehead atoms. The number of hydrogen-bond acceptors (Lipinski definition) is 2. The fourth-order valence-electron chi connectivity index (χ4n) is 1.64. The van der Waals surface area contributed by atoms with E-state index in [1.54, 1.807) is 0 Å². The zero-order valence-corrected chi connectivity index (χ0v) is 9.81. The predicted octanol–water partition coefficient (Wildman–Crippen LogP) is 2.15. The first-order chi connectivity index (χ1) is 7.49. The summed E-state index contributed by atoms with van der Waals surface area (Å²) < 4.78 is 0. The quantitative estimate of drug-likeness (QED) is 0.800. The maximum atomic E-state index is 10.5. The van der Waals surface area contributed by atoms with Crippen LogP contribution in [0.3, 0.4) is 0 Å². The van der Waals surface area contributed by atoms with E-state index in [2.05, 4.69) is 26.0 Å². The summed E-state index contributed by atoms with van der Waals surface area (Å²) in [4.78, 5) is 10.5. The largest absolute Gasteiger partial charge is 0.481 e. The lowest BCUT2D eigenvalue weighted by Crippen LogP contribution is -2.26. The lowest BCUT2D eigenvalue weighted by atomic mass is 9.98. The van der Waals surface area contributed by atoms with E-state index in [0.29, 0.717) is 12.3 Å². The van der Waals surface area contributed by atoms with Crippen LogP contribution in [0, 0.1) is 0 Å². The van der Waals surface area contributed by atoms with Gasteiger partial charge in [0, 0.05) is 6.04 Å². The molecule has 0 saturated carbocycles. The molecule has 0 unspecified atom stereocenters. The first-order valence-electron chi connectivity index (χ1n) is 5.55. The molecule has 3 nitrogen and oxygen atoms in total. The van der Waals surface area contributed by atoms with Gasteiger partial charge in [0.15, 0.2) is 0 Å². The van der Waals surface area contributed by atoms with Crippen molar-refractivity contribution in [2.75, 3.05) is 0 Å². The fraction of sp³-hybridized carbons (Fsp3) is 0.462. The molecule has 1 aromatic rings. The second-order valence-electron chi connectivity index (χ2n) is 4.46. The maximum Gasteiger partial charge on any atom is 0.304 e. The molecule has 0 heterocycles. The minimum Gasteiger partial charge on any atom is -0.481 e. The van der Waals surface area contributed by atoms with E-state index in [0.717, 1.165) is 5.56 Å². The van der Waals surface area contributed by atoms with E-state index in [1.165, 1.54) is 5.56 Å². The molecule has 16 heavy (non-hydrogen) atoms. The van der Waals surface area contributed by atoms with Gasteiger partial charge in [0.2, 0.25) is 0 Å². The van der Waals surface area contributed by atoms with Crippen LogP contribution >= 0.6 is 0 Å². The van der Waals surface area contributed by atoms with E-state index in [9.17, 15) is 4.79 Å². The summed E-state index contributed by atoms with van der Waals surface area (Å²) in [5, 5.41) is 8.60. The van der Waals surface area contributed by atoms with Gasteiger partial charge in [-0.15, -0.1) is 0 Å². The third kappa shape index (κ3) is 4.03. The first-order valence-corrected chi connectivity index (χ1v) is 5.55. The smallest absolute Gasteiger partial charge is 0.304 e. The van der Waals surface area contributed by atoms with Crippen molar-refractivity contribution >= 4 is 5.97 Å². The van der Waals surface area contributed by atoms with Gasteiger partial charge in [-0.3, -0.25) is 4.79 Å². The van der Waals surface area contributed by atoms with Crippen LogP contribution in [0.5, 0.6) is 0 Å². The Labute approximate surface area is 96.3 Å². The van der Waals surface area contributed by atoms with Gasteiger partial charge in [0.1, 0.15) is 0 Å². The Morgan fingerprint density at radius 3 is 2.31 bits per heavy atom. The predicted molar refractivity (Wildman–Crippen MR) is 64.5 cm³/mol. The molecule has 88 valence electrons. The number of carboxylic acids is 1. The van der Waals surface area contributed by atoms with Gasteiger partial charge in [-0.25, -0.2) is 0 Å². The summed E-state index contributed by atoms with van der Waals surface area (Å²) in [6.07, 6.45) is 0.636. The van der Waals surface area contributed by atoms with Crippen molar-refractivity contribution in [3.8, 4) is 0 Å². The van der Waals surface area contributed by atoms with Crippen molar-refractivity contribution in [1.82, 2.24) is 0 Å². The van der Waals surface area contributed by atoms with Crippen molar-refractivity contribution in [1.29, 1.82) is 0 Å². The van der Waals surface area contributed by atoms with Crippen LogP contribution in [0.15, 0.2) is 24.3 Å². The highest BCUT2D eigenvalue weighted by Crippen LogP contribution is 2.15. The van der Waals surface area contributed by atoms with Gasteiger partial charge in [-0.1, -0.05) is 38.1 Å². The molecule has 0 aliphatic rings. The molecule has 1 rings (SSSR count). The van der Waals surface area contributed by atoms with Crippen molar-refractivity contribution < 1.29 is 9.90 Å². The van der Waals surface area contributed by atoms with Gasteiger partial charge >= 0.3 is 5.97 Å². The van der Waals surface area contributed by atoms with Crippen molar-refractivity contribution in [3.05, 3.63) is 35.4 Å². The molecule has 0 fully saturated rings. The van der Waals surface area contributed by atoms with Gasteiger partial charge in [0.05, 0.1) is 6.42 Å². The van der Waals surface area contributed by atoms with Crippen molar-refractivity contribution in [2.45, 2.75) is 38.6 Å². The lowest BCUT2D eigenvalue weighted by molar-refractivity contribution is -0.137. The average molecular weight is 221 g/mol. The zero-order chi connectivity index (χ0) is 12.1. The maximum absolute atomic E-state index is 10.5. The standard InChI is InChI=1S/C13H19NO2/c1-9(2)11-5-3-10(4-6-11)7-12(14)8-13(15)16/h3-6,9,12H,7-8,14H2,1-2H3,(H,15,16)/t12-/m1/s1. The van der Waals surface area contributed by atoms with Crippen LogP contribution < -0.4 is 5.73 Å².